The third-order valence-electron chi connectivity index (χ3n) is 20.0. The highest BCUT2D eigenvalue weighted by Crippen LogP contribution is 2.60. The molecule has 0 heteroatoms. The summed E-state index contributed by atoms with van der Waals surface area (Å²) in [7, 11) is 0. The lowest BCUT2D eigenvalue weighted by Gasteiger charge is -2.35. The Balaban J connectivity index is 0.967. The highest BCUT2D eigenvalue weighted by molar-refractivity contribution is 5.91. The number of aryl methyl sites for hydroxylation is 2. The number of benzene rings is 8. The van der Waals surface area contributed by atoms with Gasteiger partial charge in [0, 0.05) is 21.7 Å². The molecule has 8 aromatic rings. The molecule has 8 aromatic carbocycles. The lowest BCUT2D eigenvalue weighted by Crippen LogP contribution is -2.27. The van der Waals surface area contributed by atoms with Gasteiger partial charge in [-0.25, -0.2) is 0 Å². The Kier molecular flexibility index (Phi) is 12.9. The van der Waals surface area contributed by atoms with Crippen LogP contribution in [0.2, 0.25) is 0 Å². The van der Waals surface area contributed by atoms with Crippen LogP contribution in [0.5, 0.6) is 0 Å². The second-order valence-corrected chi connectivity index (χ2v) is 27.8. The van der Waals surface area contributed by atoms with Crippen molar-refractivity contribution < 1.29 is 0 Å². The van der Waals surface area contributed by atoms with E-state index < -0.39 is 0 Å². The van der Waals surface area contributed by atoms with E-state index in [0.717, 1.165) is 25.7 Å². The van der Waals surface area contributed by atoms with Crippen LogP contribution in [0.4, 0.5) is 0 Å². The molecule has 0 spiro atoms. The zero-order valence-corrected chi connectivity index (χ0v) is 49.8. The fourth-order valence-corrected chi connectivity index (χ4v) is 15.2. The summed E-state index contributed by atoms with van der Waals surface area (Å²) in [5.74, 6) is 2.46. The standard InChI is InChI=1S/C78H86/c1-47(2)31-35-77(36-32-48(3)4)71-43-55(53-17-25-61-59-23-15-51(9)39-67(59)75(11,12)69(61)41-53)19-27-63(71)65-29-21-57(45-73(65)77)58-22-30-66-64-28-20-56(44-72(64)78(74(66)46-58,37-33-49(5)6)38-34-50(7)8)54-18-26-62-60-24-16-52(10)40-68(60)76(13,14)70(62)42-54/h15-30,39-50H,31-38H2,1-14H3. The molecule has 12 rings (SSSR count). The SMILES string of the molecule is Cc1ccc2c(c1)C(C)(C)c1cc(-c3ccc4c(c3)C(CCC(C)C)(CCC(C)C)c3cc(-c5ccc6c(c5)C(CCC(C)C)(CCC(C)C)c5cc(-c7ccc8c(c7)C(C)(C)c7cc(C)ccc7-8)ccc5-6)ccc3-4)ccc1-2. The van der Waals surface area contributed by atoms with Gasteiger partial charge in [-0.15, -0.1) is 0 Å². The van der Waals surface area contributed by atoms with Gasteiger partial charge in [0.25, 0.3) is 0 Å². The van der Waals surface area contributed by atoms with Gasteiger partial charge in [0.05, 0.1) is 0 Å². The number of fused-ring (bicyclic) bond motifs is 12. The van der Waals surface area contributed by atoms with Crippen molar-refractivity contribution in [3.05, 3.63) is 201 Å². The lowest BCUT2D eigenvalue weighted by molar-refractivity contribution is 0.364. The molecule has 0 atom stereocenters. The Labute approximate surface area is 470 Å². The Morgan fingerprint density at radius 2 is 0.449 bits per heavy atom. The van der Waals surface area contributed by atoms with Gasteiger partial charge >= 0.3 is 0 Å². The second-order valence-electron chi connectivity index (χ2n) is 27.8. The predicted molar refractivity (Wildman–Crippen MR) is 336 cm³/mol. The summed E-state index contributed by atoms with van der Waals surface area (Å²) in [5, 5.41) is 0. The van der Waals surface area contributed by atoms with Crippen molar-refractivity contribution in [1.82, 2.24) is 0 Å². The van der Waals surface area contributed by atoms with Crippen molar-refractivity contribution in [2.24, 2.45) is 23.7 Å². The van der Waals surface area contributed by atoms with Crippen molar-refractivity contribution in [2.45, 2.75) is 170 Å². The molecule has 0 fully saturated rings. The van der Waals surface area contributed by atoms with E-state index in [1.807, 2.05) is 0 Å². The molecule has 0 N–H and O–H groups in total. The van der Waals surface area contributed by atoms with Gasteiger partial charge in [-0.1, -0.05) is 203 Å². The number of hydrogen-bond acceptors (Lipinski definition) is 0. The number of rotatable bonds is 15. The maximum absolute atomic E-state index is 2.67. The summed E-state index contributed by atoms with van der Waals surface area (Å²) in [6.07, 6.45) is 9.39. The Morgan fingerprint density at radius 1 is 0.256 bits per heavy atom. The van der Waals surface area contributed by atoms with E-state index in [9.17, 15) is 0 Å². The molecule has 78 heavy (non-hydrogen) atoms. The van der Waals surface area contributed by atoms with Crippen LogP contribution in [0.15, 0.2) is 146 Å². The second kappa shape index (κ2) is 19.2. The van der Waals surface area contributed by atoms with Crippen molar-refractivity contribution in [3.63, 3.8) is 0 Å². The van der Waals surface area contributed by atoms with Crippen molar-refractivity contribution >= 4 is 0 Å². The van der Waals surface area contributed by atoms with E-state index in [1.54, 1.807) is 22.3 Å². The van der Waals surface area contributed by atoms with Crippen LogP contribution in [-0.2, 0) is 21.7 Å². The smallest absolute Gasteiger partial charge is 0.0215 e. The van der Waals surface area contributed by atoms with Gasteiger partial charge < -0.3 is 0 Å². The summed E-state index contributed by atoms with van der Waals surface area (Å²) in [6, 6.07) is 59.2. The van der Waals surface area contributed by atoms with Crippen LogP contribution in [0.25, 0.3) is 77.9 Å². The molecule has 0 aliphatic heterocycles. The van der Waals surface area contributed by atoms with Gasteiger partial charge in [-0.3, -0.25) is 0 Å². The topological polar surface area (TPSA) is 0 Å². The molecule has 0 radical (unpaired) electrons. The molecule has 4 aliphatic rings. The maximum atomic E-state index is 2.67. The molecule has 0 bridgehead atoms. The highest BCUT2D eigenvalue weighted by atomic mass is 14.5. The first-order valence-corrected chi connectivity index (χ1v) is 30.3. The Morgan fingerprint density at radius 3 is 0.679 bits per heavy atom. The number of hydrogen-bond donors (Lipinski definition) is 0. The quantitative estimate of drug-likeness (QED) is 0.0960. The van der Waals surface area contributed by atoms with E-state index in [2.05, 4.69) is 243 Å². The first-order valence-electron chi connectivity index (χ1n) is 30.3. The Bertz CT molecular complexity index is 3400. The summed E-state index contributed by atoms with van der Waals surface area (Å²) in [6.45, 7) is 33.5. The van der Waals surface area contributed by atoms with E-state index in [4.69, 9.17) is 0 Å². The molecular formula is C78H86. The summed E-state index contributed by atoms with van der Waals surface area (Å²) >= 11 is 0. The zero-order valence-electron chi connectivity index (χ0n) is 49.8. The van der Waals surface area contributed by atoms with Crippen LogP contribution in [-0.4, -0.2) is 0 Å². The van der Waals surface area contributed by atoms with Crippen LogP contribution in [0.1, 0.15) is 190 Å². The molecular weight excluding hydrogens is 937 g/mol. The fourth-order valence-electron chi connectivity index (χ4n) is 15.2. The summed E-state index contributed by atoms with van der Waals surface area (Å²) in [4.78, 5) is 0. The first-order chi connectivity index (χ1) is 37.2. The van der Waals surface area contributed by atoms with E-state index in [1.165, 1.54) is 137 Å². The normalized spacial score (nSPS) is 16.1. The van der Waals surface area contributed by atoms with Crippen molar-refractivity contribution in [2.75, 3.05) is 0 Å². The predicted octanol–water partition coefficient (Wildman–Crippen LogP) is 22.2. The summed E-state index contributed by atoms with van der Waals surface area (Å²) in [5.41, 5.74) is 33.7. The third-order valence-corrected chi connectivity index (χ3v) is 20.0. The monoisotopic (exact) mass is 1020 g/mol. The van der Waals surface area contributed by atoms with Crippen molar-refractivity contribution in [3.8, 4) is 77.9 Å². The highest BCUT2D eigenvalue weighted by Gasteiger charge is 2.46. The average molecular weight is 1020 g/mol. The van der Waals surface area contributed by atoms with E-state index >= 15 is 0 Å². The maximum Gasteiger partial charge on any atom is 0.0215 e. The minimum atomic E-state index is -0.0782. The van der Waals surface area contributed by atoms with Crippen LogP contribution < -0.4 is 0 Å². The average Bonchev–Trinajstić information content (AvgIpc) is 4.22. The molecule has 0 unspecified atom stereocenters. The molecule has 398 valence electrons. The zero-order chi connectivity index (χ0) is 54.8. The molecule has 0 saturated carbocycles. The molecule has 0 aromatic heterocycles. The molecule has 4 aliphatic carbocycles. The summed E-state index contributed by atoms with van der Waals surface area (Å²) < 4.78 is 0. The van der Waals surface area contributed by atoms with E-state index in [0.29, 0.717) is 23.7 Å². The van der Waals surface area contributed by atoms with Gasteiger partial charge in [0.2, 0.25) is 0 Å². The Hall–Kier alpha value is -6.24. The molecule has 0 saturated heterocycles. The fraction of sp³-hybridized carbons (Fsp3) is 0.385. The van der Waals surface area contributed by atoms with Gasteiger partial charge in [0.15, 0.2) is 0 Å². The molecule has 0 heterocycles. The van der Waals surface area contributed by atoms with Crippen LogP contribution in [0.3, 0.4) is 0 Å². The van der Waals surface area contributed by atoms with Crippen LogP contribution in [0, 0.1) is 37.5 Å². The van der Waals surface area contributed by atoms with E-state index in [-0.39, 0.29) is 21.7 Å². The van der Waals surface area contributed by atoms with Gasteiger partial charge in [0.1, 0.15) is 0 Å². The third kappa shape index (κ3) is 8.43. The van der Waals surface area contributed by atoms with Gasteiger partial charge in [-0.05, 0) is 248 Å². The lowest BCUT2D eigenvalue weighted by atomic mass is 9.68. The minimum Gasteiger partial charge on any atom is -0.0628 e. The van der Waals surface area contributed by atoms with Crippen LogP contribution >= 0.6 is 0 Å². The largest absolute Gasteiger partial charge is 0.0628 e. The van der Waals surface area contributed by atoms with Gasteiger partial charge in [-0.2, -0.15) is 0 Å². The van der Waals surface area contributed by atoms with Crippen molar-refractivity contribution in [1.29, 1.82) is 0 Å². The minimum absolute atomic E-state index is 0.0479. The first kappa shape index (κ1) is 52.5. The molecule has 0 amide bonds. The molecule has 0 nitrogen and oxygen atoms in total.